The molecule has 0 aliphatic carbocycles. The molecular formula is C32H62O10. The standard InChI is InChI=1S/C32H62O10/c1-2-3-4-5-6-7-8-9-10-11-12-13-14-15-16-17-30(36)40-25-24-37-26-28(38-21-18-33)32-31(41-23-20-35)29(27-42-32)39-22-19-34/h28-29,31-35H,2-27H2,1H3/t28?,29-,31+,32?/m1/s1. The molecular weight excluding hydrogens is 544 g/mol. The maximum absolute atomic E-state index is 12.1. The minimum absolute atomic E-state index is 0.0943. The highest BCUT2D eigenvalue weighted by Crippen LogP contribution is 2.25. The summed E-state index contributed by atoms with van der Waals surface area (Å²) in [7, 11) is 0. The molecule has 1 saturated heterocycles. The molecule has 0 aromatic carbocycles. The molecule has 42 heavy (non-hydrogen) atoms. The minimum Gasteiger partial charge on any atom is -0.463 e. The van der Waals surface area contributed by atoms with Crippen LogP contribution in [0.15, 0.2) is 0 Å². The van der Waals surface area contributed by atoms with Gasteiger partial charge in [-0.05, 0) is 6.42 Å². The molecule has 1 rings (SSSR count). The number of rotatable bonds is 31. The van der Waals surface area contributed by atoms with Gasteiger partial charge in [-0.3, -0.25) is 4.79 Å². The first-order valence-electron chi connectivity index (χ1n) is 16.7. The number of aliphatic hydroxyl groups is 3. The quantitative estimate of drug-likeness (QED) is 0.0773. The molecule has 1 heterocycles. The van der Waals surface area contributed by atoms with E-state index in [0.29, 0.717) is 6.42 Å². The van der Waals surface area contributed by atoms with E-state index in [9.17, 15) is 15.0 Å². The molecule has 4 atom stereocenters. The Morgan fingerprint density at radius 3 is 1.83 bits per heavy atom. The molecule has 0 bridgehead atoms. The lowest BCUT2D eigenvalue weighted by Crippen LogP contribution is -2.45. The summed E-state index contributed by atoms with van der Waals surface area (Å²) in [6.07, 6.45) is 17.7. The van der Waals surface area contributed by atoms with Gasteiger partial charge < -0.3 is 43.7 Å². The van der Waals surface area contributed by atoms with E-state index in [1.165, 1.54) is 83.5 Å². The van der Waals surface area contributed by atoms with E-state index in [0.717, 1.165) is 12.8 Å². The SMILES string of the molecule is CCCCCCCCCCCCCCCCCC(=O)OCCOCC(OCCO)C1OC[C@@H](OCCO)[C@@H]1OCCO. The summed E-state index contributed by atoms with van der Waals surface area (Å²) in [6, 6.07) is 0. The Kier molecular flexibility index (Phi) is 26.9. The van der Waals surface area contributed by atoms with Gasteiger partial charge in [0, 0.05) is 6.42 Å². The van der Waals surface area contributed by atoms with Crippen LogP contribution in [-0.2, 0) is 33.2 Å². The van der Waals surface area contributed by atoms with Gasteiger partial charge in [-0.25, -0.2) is 0 Å². The van der Waals surface area contributed by atoms with E-state index >= 15 is 0 Å². The fourth-order valence-corrected chi connectivity index (χ4v) is 5.23. The second-order valence-corrected chi connectivity index (χ2v) is 11.1. The van der Waals surface area contributed by atoms with Crippen LogP contribution in [0.3, 0.4) is 0 Å². The Morgan fingerprint density at radius 2 is 1.26 bits per heavy atom. The van der Waals surface area contributed by atoms with Gasteiger partial charge in [0.25, 0.3) is 0 Å². The van der Waals surface area contributed by atoms with Crippen LogP contribution in [0.1, 0.15) is 110 Å². The number of ether oxygens (including phenoxy) is 6. The molecule has 3 N–H and O–H groups in total. The van der Waals surface area contributed by atoms with Crippen LogP contribution in [0.2, 0.25) is 0 Å². The molecule has 0 aromatic rings. The summed E-state index contributed by atoms with van der Waals surface area (Å²) in [4.78, 5) is 12.1. The van der Waals surface area contributed by atoms with E-state index in [1.807, 2.05) is 0 Å². The van der Waals surface area contributed by atoms with Gasteiger partial charge in [0.15, 0.2) is 0 Å². The maximum Gasteiger partial charge on any atom is 0.305 e. The van der Waals surface area contributed by atoms with Crippen LogP contribution in [-0.4, -0.2) is 112 Å². The van der Waals surface area contributed by atoms with Crippen molar-refractivity contribution >= 4 is 5.97 Å². The lowest BCUT2D eigenvalue weighted by molar-refractivity contribution is -0.149. The molecule has 250 valence electrons. The third kappa shape index (κ3) is 20.2. The number of unbranched alkanes of at least 4 members (excludes halogenated alkanes) is 14. The smallest absolute Gasteiger partial charge is 0.305 e. The van der Waals surface area contributed by atoms with Crippen molar-refractivity contribution in [2.24, 2.45) is 0 Å². The summed E-state index contributed by atoms with van der Waals surface area (Å²) in [6.45, 7) is 2.92. The Labute approximate surface area is 254 Å². The second-order valence-electron chi connectivity index (χ2n) is 11.1. The van der Waals surface area contributed by atoms with Gasteiger partial charge in [0.1, 0.15) is 31.0 Å². The fourth-order valence-electron chi connectivity index (χ4n) is 5.23. The number of carbonyl (C=O) groups excluding carboxylic acids is 1. The van der Waals surface area contributed by atoms with E-state index < -0.39 is 24.4 Å². The summed E-state index contributed by atoms with van der Waals surface area (Å²) in [5.41, 5.74) is 0. The summed E-state index contributed by atoms with van der Waals surface area (Å²) in [5, 5.41) is 27.5. The van der Waals surface area contributed by atoms with E-state index in [4.69, 9.17) is 33.5 Å². The van der Waals surface area contributed by atoms with Crippen LogP contribution in [0.5, 0.6) is 0 Å². The highest BCUT2D eigenvalue weighted by Gasteiger charge is 2.44. The molecule has 10 nitrogen and oxygen atoms in total. The first-order chi connectivity index (χ1) is 20.7. The van der Waals surface area contributed by atoms with Crippen LogP contribution in [0.4, 0.5) is 0 Å². The highest BCUT2D eigenvalue weighted by atomic mass is 16.6. The Hall–Kier alpha value is -0.850. The van der Waals surface area contributed by atoms with Crippen molar-refractivity contribution in [2.75, 3.05) is 66.1 Å². The average molecular weight is 607 g/mol. The molecule has 10 heteroatoms. The van der Waals surface area contributed by atoms with Crippen molar-refractivity contribution in [3.8, 4) is 0 Å². The van der Waals surface area contributed by atoms with Crippen LogP contribution < -0.4 is 0 Å². The number of hydrogen-bond acceptors (Lipinski definition) is 10. The summed E-state index contributed by atoms with van der Waals surface area (Å²) < 4.78 is 34.0. The monoisotopic (exact) mass is 606 g/mol. The molecule has 0 aromatic heterocycles. The molecule has 0 radical (unpaired) electrons. The summed E-state index contributed by atoms with van der Waals surface area (Å²) in [5.74, 6) is -0.207. The van der Waals surface area contributed by atoms with Gasteiger partial charge in [0.05, 0.1) is 59.5 Å². The first-order valence-corrected chi connectivity index (χ1v) is 16.7. The van der Waals surface area contributed by atoms with Crippen molar-refractivity contribution in [2.45, 2.75) is 134 Å². The third-order valence-electron chi connectivity index (χ3n) is 7.51. The third-order valence-corrected chi connectivity index (χ3v) is 7.51. The van der Waals surface area contributed by atoms with Crippen molar-refractivity contribution in [1.82, 2.24) is 0 Å². The molecule has 2 unspecified atom stereocenters. The highest BCUT2D eigenvalue weighted by molar-refractivity contribution is 5.69. The van der Waals surface area contributed by atoms with Gasteiger partial charge in [-0.15, -0.1) is 0 Å². The summed E-state index contributed by atoms with van der Waals surface area (Å²) >= 11 is 0. The Morgan fingerprint density at radius 1 is 0.714 bits per heavy atom. The number of hydrogen-bond donors (Lipinski definition) is 3. The van der Waals surface area contributed by atoms with Gasteiger partial charge >= 0.3 is 5.97 Å². The van der Waals surface area contributed by atoms with Crippen molar-refractivity contribution in [3.63, 3.8) is 0 Å². The fraction of sp³-hybridized carbons (Fsp3) is 0.969. The molecule has 0 saturated carbocycles. The Bertz CT molecular complexity index is 594. The van der Waals surface area contributed by atoms with Crippen LogP contribution in [0.25, 0.3) is 0 Å². The Balaban J connectivity index is 2.10. The van der Waals surface area contributed by atoms with E-state index in [-0.39, 0.29) is 72.0 Å². The molecule has 0 spiro atoms. The topological polar surface area (TPSA) is 133 Å². The lowest BCUT2D eigenvalue weighted by atomic mass is 10.0. The minimum atomic E-state index is -0.556. The molecule has 1 aliphatic rings. The molecule has 1 aliphatic heterocycles. The van der Waals surface area contributed by atoms with Gasteiger partial charge in [-0.2, -0.15) is 0 Å². The molecule has 1 fully saturated rings. The second kappa shape index (κ2) is 28.9. The number of aliphatic hydroxyl groups excluding tert-OH is 3. The zero-order valence-electron chi connectivity index (χ0n) is 26.4. The average Bonchev–Trinajstić information content (AvgIpc) is 3.40. The van der Waals surface area contributed by atoms with Crippen molar-refractivity contribution in [1.29, 1.82) is 0 Å². The first kappa shape index (κ1) is 39.2. The largest absolute Gasteiger partial charge is 0.463 e. The van der Waals surface area contributed by atoms with E-state index in [1.54, 1.807) is 0 Å². The lowest BCUT2D eigenvalue weighted by Gasteiger charge is -2.29. The van der Waals surface area contributed by atoms with E-state index in [2.05, 4.69) is 6.92 Å². The normalized spacial score (nSPS) is 19.4. The number of carbonyl (C=O) groups is 1. The van der Waals surface area contributed by atoms with Crippen LogP contribution in [0, 0.1) is 0 Å². The number of esters is 1. The predicted molar refractivity (Wildman–Crippen MR) is 162 cm³/mol. The maximum atomic E-state index is 12.1. The zero-order valence-corrected chi connectivity index (χ0v) is 26.4. The van der Waals surface area contributed by atoms with Crippen molar-refractivity contribution in [3.05, 3.63) is 0 Å². The van der Waals surface area contributed by atoms with Gasteiger partial charge in [0.2, 0.25) is 0 Å². The predicted octanol–water partition coefficient (Wildman–Crippen LogP) is 4.34. The van der Waals surface area contributed by atoms with Gasteiger partial charge in [-0.1, -0.05) is 96.8 Å². The van der Waals surface area contributed by atoms with Crippen LogP contribution >= 0.6 is 0 Å². The van der Waals surface area contributed by atoms with Crippen molar-refractivity contribution < 1.29 is 48.5 Å². The zero-order chi connectivity index (χ0) is 30.5. The molecule has 0 amide bonds.